The van der Waals surface area contributed by atoms with Gasteiger partial charge in [0.05, 0.1) is 5.70 Å². The number of hydrogen-bond donors (Lipinski definition) is 3. The van der Waals surface area contributed by atoms with Gasteiger partial charge in [-0.2, -0.15) is 0 Å². The second-order valence-electron chi connectivity index (χ2n) is 2.08. The summed E-state index contributed by atoms with van der Waals surface area (Å²) >= 11 is 1.48. The third-order valence-electron chi connectivity index (χ3n) is 1.29. The van der Waals surface area contributed by atoms with Crippen LogP contribution in [-0.4, -0.2) is 34.3 Å². The van der Waals surface area contributed by atoms with E-state index in [1.54, 1.807) is 5.41 Å². The summed E-state index contributed by atoms with van der Waals surface area (Å²) in [5.74, 6) is -0.347. The molecule has 1 aliphatic heterocycles. The van der Waals surface area contributed by atoms with Gasteiger partial charge in [0.1, 0.15) is 0 Å². The molecule has 0 amide bonds. The van der Waals surface area contributed by atoms with E-state index in [9.17, 15) is 4.79 Å². The highest BCUT2D eigenvalue weighted by molar-refractivity contribution is 8.02. The van der Waals surface area contributed by atoms with E-state index in [-0.39, 0.29) is 5.71 Å². The van der Waals surface area contributed by atoms with Crippen LogP contribution in [0.4, 0.5) is 0 Å². The van der Waals surface area contributed by atoms with E-state index in [2.05, 4.69) is 10.5 Å². The van der Waals surface area contributed by atoms with Gasteiger partial charge in [0.25, 0.3) is 0 Å². The summed E-state index contributed by atoms with van der Waals surface area (Å²) in [5.41, 5.74) is 0.0171. The SMILES string of the molecule is O=C(O)C(=NO)C1=CSCCN1. The van der Waals surface area contributed by atoms with Crippen molar-refractivity contribution >= 4 is 23.4 Å². The van der Waals surface area contributed by atoms with Crippen molar-refractivity contribution in [1.82, 2.24) is 5.32 Å². The molecule has 0 spiro atoms. The van der Waals surface area contributed by atoms with Crippen molar-refractivity contribution in [2.45, 2.75) is 0 Å². The zero-order valence-corrected chi connectivity index (χ0v) is 6.97. The molecule has 1 heterocycles. The summed E-state index contributed by atoms with van der Waals surface area (Å²) in [5, 5.41) is 24.0. The van der Waals surface area contributed by atoms with Crippen LogP contribution in [-0.2, 0) is 4.79 Å². The Balaban J connectivity index is 2.79. The van der Waals surface area contributed by atoms with E-state index in [4.69, 9.17) is 10.3 Å². The maximum absolute atomic E-state index is 10.4. The molecule has 0 bridgehead atoms. The van der Waals surface area contributed by atoms with Crippen LogP contribution >= 0.6 is 11.8 Å². The molecule has 3 N–H and O–H groups in total. The normalized spacial score (nSPS) is 18.0. The van der Waals surface area contributed by atoms with Gasteiger partial charge >= 0.3 is 5.97 Å². The average molecular weight is 188 g/mol. The van der Waals surface area contributed by atoms with Crippen molar-refractivity contribution < 1.29 is 15.1 Å². The summed E-state index contributed by atoms with van der Waals surface area (Å²) < 4.78 is 0. The lowest BCUT2D eigenvalue weighted by atomic mass is 10.3. The lowest BCUT2D eigenvalue weighted by Crippen LogP contribution is -2.29. The second kappa shape index (κ2) is 4.01. The minimum absolute atomic E-state index is 0.345. The van der Waals surface area contributed by atoms with Crippen molar-refractivity contribution in [1.29, 1.82) is 0 Å². The number of nitrogens with one attached hydrogen (secondary N) is 1. The predicted octanol–water partition coefficient (Wildman–Crippen LogP) is 0.0790. The fraction of sp³-hybridized carbons (Fsp3) is 0.333. The minimum Gasteiger partial charge on any atom is -0.476 e. The molecule has 0 radical (unpaired) electrons. The highest BCUT2D eigenvalue weighted by atomic mass is 32.2. The third-order valence-corrected chi connectivity index (χ3v) is 2.14. The molecular weight excluding hydrogens is 180 g/mol. The first kappa shape index (κ1) is 8.92. The lowest BCUT2D eigenvalue weighted by molar-refractivity contribution is -0.129. The van der Waals surface area contributed by atoms with Gasteiger partial charge in [0.15, 0.2) is 0 Å². The number of oxime groups is 1. The Hall–Kier alpha value is -1.17. The quantitative estimate of drug-likeness (QED) is 0.325. The summed E-state index contributed by atoms with van der Waals surface area (Å²) in [6.07, 6.45) is 0. The molecule has 0 saturated heterocycles. The van der Waals surface area contributed by atoms with Crippen molar-refractivity contribution in [3.63, 3.8) is 0 Å². The average Bonchev–Trinajstić information content (AvgIpc) is 2.07. The van der Waals surface area contributed by atoms with E-state index in [1.165, 1.54) is 11.8 Å². The summed E-state index contributed by atoms with van der Waals surface area (Å²) in [6.45, 7) is 0.683. The molecule has 0 atom stereocenters. The van der Waals surface area contributed by atoms with Gasteiger partial charge in [-0.05, 0) is 5.41 Å². The summed E-state index contributed by atoms with van der Waals surface area (Å²) in [6, 6.07) is 0. The molecule has 0 aliphatic carbocycles. The first-order valence-electron chi connectivity index (χ1n) is 3.27. The Morgan fingerprint density at radius 1 is 1.75 bits per heavy atom. The number of carboxylic acid groups (broad SMARTS) is 1. The molecule has 0 aromatic carbocycles. The molecule has 6 heteroatoms. The van der Waals surface area contributed by atoms with Crippen molar-refractivity contribution in [2.75, 3.05) is 12.3 Å². The maximum atomic E-state index is 10.4. The second-order valence-corrected chi connectivity index (χ2v) is 3.06. The Morgan fingerprint density at radius 2 is 2.50 bits per heavy atom. The number of carboxylic acids is 1. The third kappa shape index (κ3) is 1.91. The van der Waals surface area contributed by atoms with Crippen LogP contribution < -0.4 is 5.32 Å². The Morgan fingerprint density at radius 3 is 2.92 bits per heavy atom. The maximum Gasteiger partial charge on any atom is 0.360 e. The smallest absolute Gasteiger partial charge is 0.360 e. The van der Waals surface area contributed by atoms with Crippen molar-refractivity contribution in [3.05, 3.63) is 11.1 Å². The number of rotatable bonds is 2. The predicted molar refractivity (Wildman–Crippen MR) is 45.4 cm³/mol. The standard InChI is InChI=1S/C6H8N2O3S/c9-6(10)5(8-11)4-3-12-2-1-7-4/h3,7,11H,1-2H2,(H,9,10). The van der Waals surface area contributed by atoms with Gasteiger partial charge in [-0.15, -0.1) is 11.8 Å². The van der Waals surface area contributed by atoms with Gasteiger partial charge in [-0.1, -0.05) is 5.16 Å². The number of aliphatic carboxylic acids is 1. The van der Waals surface area contributed by atoms with Crippen LogP contribution in [0.25, 0.3) is 0 Å². The lowest BCUT2D eigenvalue weighted by Gasteiger charge is -2.13. The van der Waals surface area contributed by atoms with E-state index >= 15 is 0 Å². The topological polar surface area (TPSA) is 81.9 Å². The Bertz CT molecular complexity index is 249. The molecular formula is C6H8N2O3S. The largest absolute Gasteiger partial charge is 0.476 e. The van der Waals surface area contributed by atoms with Crippen LogP contribution in [0.1, 0.15) is 0 Å². The summed E-state index contributed by atoms with van der Waals surface area (Å²) in [7, 11) is 0. The van der Waals surface area contributed by atoms with E-state index in [1.807, 2.05) is 0 Å². The minimum atomic E-state index is -1.24. The highest BCUT2D eigenvalue weighted by Gasteiger charge is 2.17. The zero-order chi connectivity index (χ0) is 8.97. The molecule has 0 aromatic rings. The van der Waals surface area contributed by atoms with Crippen LogP contribution in [0.5, 0.6) is 0 Å². The zero-order valence-electron chi connectivity index (χ0n) is 6.15. The number of nitrogens with zero attached hydrogens (tertiary/aromatic N) is 1. The molecule has 1 rings (SSSR count). The van der Waals surface area contributed by atoms with Gasteiger partial charge < -0.3 is 15.6 Å². The van der Waals surface area contributed by atoms with Crippen LogP contribution in [0, 0.1) is 0 Å². The van der Waals surface area contributed by atoms with Crippen LogP contribution in [0.15, 0.2) is 16.3 Å². The van der Waals surface area contributed by atoms with Gasteiger partial charge in [-0.25, -0.2) is 4.79 Å². The van der Waals surface area contributed by atoms with Crippen LogP contribution in [0.2, 0.25) is 0 Å². The first-order valence-corrected chi connectivity index (χ1v) is 4.32. The molecule has 66 valence electrons. The van der Waals surface area contributed by atoms with E-state index in [0.29, 0.717) is 12.2 Å². The van der Waals surface area contributed by atoms with Gasteiger partial charge in [0.2, 0.25) is 5.71 Å². The van der Waals surface area contributed by atoms with Gasteiger partial charge in [-0.3, -0.25) is 0 Å². The molecule has 0 aromatic heterocycles. The number of carbonyl (C=O) groups is 1. The Kier molecular flexibility index (Phi) is 2.98. The highest BCUT2D eigenvalue weighted by Crippen LogP contribution is 2.11. The van der Waals surface area contributed by atoms with E-state index < -0.39 is 5.97 Å². The monoisotopic (exact) mass is 188 g/mol. The first-order chi connectivity index (χ1) is 5.75. The van der Waals surface area contributed by atoms with E-state index in [0.717, 1.165) is 5.75 Å². The Labute approximate surface area is 73.1 Å². The van der Waals surface area contributed by atoms with Crippen molar-refractivity contribution in [2.24, 2.45) is 5.16 Å². The fourth-order valence-corrected chi connectivity index (χ4v) is 1.48. The van der Waals surface area contributed by atoms with Crippen molar-refractivity contribution in [3.8, 4) is 0 Å². The van der Waals surface area contributed by atoms with Gasteiger partial charge in [0, 0.05) is 12.3 Å². The molecule has 0 saturated carbocycles. The van der Waals surface area contributed by atoms with Crippen LogP contribution in [0.3, 0.4) is 0 Å². The number of thioether (sulfide) groups is 1. The molecule has 0 unspecified atom stereocenters. The molecule has 1 aliphatic rings. The number of hydrogen-bond acceptors (Lipinski definition) is 5. The molecule has 5 nitrogen and oxygen atoms in total. The molecule has 0 fully saturated rings. The fourth-order valence-electron chi connectivity index (χ4n) is 0.780. The molecule has 12 heavy (non-hydrogen) atoms. The summed E-state index contributed by atoms with van der Waals surface area (Å²) in [4.78, 5) is 10.4.